The van der Waals surface area contributed by atoms with Crippen LogP contribution >= 0.6 is 23.2 Å². The molecule has 0 aromatic heterocycles. The van der Waals surface area contributed by atoms with E-state index < -0.39 is 6.29 Å². The number of ether oxygens (including phenoxy) is 2. The normalized spacial score (nSPS) is 17.4. The molecule has 35 heavy (non-hydrogen) atoms. The van der Waals surface area contributed by atoms with Crippen LogP contribution in [0.2, 0.25) is 10.0 Å². The number of piperazine rings is 1. The Bertz CT molecular complexity index is 1010. The molecule has 4 rings (SSSR count). The van der Waals surface area contributed by atoms with Crippen molar-refractivity contribution in [1.82, 2.24) is 4.90 Å². The van der Waals surface area contributed by atoms with Crippen molar-refractivity contribution in [1.29, 1.82) is 0 Å². The minimum absolute atomic E-state index is 0.00645. The first-order valence-corrected chi connectivity index (χ1v) is 12.9. The van der Waals surface area contributed by atoms with Gasteiger partial charge in [-0.25, -0.2) is 0 Å². The summed E-state index contributed by atoms with van der Waals surface area (Å²) in [7, 11) is 0. The fourth-order valence-corrected chi connectivity index (χ4v) is 4.92. The van der Waals surface area contributed by atoms with Crippen molar-refractivity contribution in [2.24, 2.45) is 0 Å². The molecular formula is C26H33Cl2N3O4. The monoisotopic (exact) mass is 521 g/mol. The van der Waals surface area contributed by atoms with Gasteiger partial charge in [-0.1, -0.05) is 35.3 Å². The van der Waals surface area contributed by atoms with E-state index in [2.05, 4.69) is 9.80 Å². The minimum Gasteiger partial charge on any atom is -0.494 e. The number of carbonyl (C=O) groups is 1. The lowest BCUT2D eigenvalue weighted by atomic mass is 10.0. The number of unbranched alkanes of at least 4 members (excludes halogenated alkanes) is 1. The molecule has 2 aliphatic heterocycles. The largest absolute Gasteiger partial charge is 0.494 e. The number of aliphatic hydroxyl groups excluding tert-OH is 1. The van der Waals surface area contributed by atoms with Crippen LogP contribution in [0.3, 0.4) is 0 Å². The first-order valence-electron chi connectivity index (χ1n) is 12.2. The Morgan fingerprint density at radius 1 is 1.03 bits per heavy atom. The van der Waals surface area contributed by atoms with E-state index in [-0.39, 0.29) is 12.6 Å². The van der Waals surface area contributed by atoms with Crippen molar-refractivity contribution in [3.05, 3.63) is 52.0 Å². The highest BCUT2D eigenvalue weighted by molar-refractivity contribution is 6.43. The second kappa shape index (κ2) is 12.3. The number of anilines is 2. The van der Waals surface area contributed by atoms with Crippen LogP contribution in [0.5, 0.6) is 5.75 Å². The van der Waals surface area contributed by atoms with Gasteiger partial charge in [-0.3, -0.25) is 14.6 Å². The number of carbonyl (C=O) groups excluding carboxylic acids is 1. The Morgan fingerprint density at radius 3 is 2.60 bits per heavy atom. The van der Waals surface area contributed by atoms with Gasteiger partial charge in [0, 0.05) is 38.7 Å². The maximum atomic E-state index is 12.4. The number of hydrogen-bond acceptors (Lipinski definition) is 6. The third-order valence-corrected chi connectivity index (χ3v) is 7.29. The smallest absolute Gasteiger partial charge is 0.229 e. The van der Waals surface area contributed by atoms with Gasteiger partial charge in [0.1, 0.15) is 12.5 Å². The molecular weight excluding hydrogens is 489 g/mol. The molecule has 1 amide bonds. The SMILES string of the molecule is CC(O)OCN1C(=O)CCc2ccc(OCCCCN3CCN(c4cccc(Cl)c4Cl)CC3)cc21. The third-order valence-electron chi connectivity index (χ3n) is 6.48. The summed E-state index contributed by atoms with van der Waals surface area (Å²) in [5.41, 5.74) is 2.90. The lowest BCUT2D eigenvalue weighted by molar-refractivity contribution is -0.124. The van der Waals surface area contributed by atoms with Crippen LogP contribution in [0.4, 0.5) is 11.4 Å². The fourth-order valence-electron chi connectivity index (χ4n) is 4.51. The third kappa shape index (κ3) is 6.80. The molecule has 1 unspecified atom stereocenters. The summed E-state index contributed by atoms with van der Waals surface area (Å²) >= 11 is 12.5. The van der Waals surface area contributed by atoms with Gasteiger partial charge in [-0.05, 0) is 56.5 Å². The average Bonchev–Trinajstić information content (AvgIpc) is 2.85. The van der Waals surface area contributed by atoms with Gasteiger partial charge >= 0.3 is 0 Å². The summed E-state index contributed by atoms with van der Waals surface area (Å²) in [6.45, 7) is 7.06. The van der Waals surface area contributed by atoms with Crippen molar-refractivity contribution >= 4 is 40.5 Å². The molecule has 9 heteroatoms. The van der Waals surface area contributed by atoms with E-state index in [9.17, 15) is 9.90 Å². The van der Waals surface area contributed by atoms with E-state index in [1.807, 2.05) is 36.4 Å². The Labute approximate surface area is 217 Å². The topological polar surface area (TPSA) is 65.5 Å². The van der Waals surface area contributed by atoms with E-state index in [4.69, 9.17) is 32.7 Å². The molecule has 0 aliphatic carbocycles. The summed E-state index contributed by atoms with van der Waals surface area (Å²) in [6.07, 6.45) is 2.22. The van der Waals surface area contributed by atoms with Gasteiger partial charge < -0.3 is 19.5 Å². The minimum atomic E-state index is -0.926. The van der Waals surface area contributed by atoms with E-state index in [0.29, 0.717) is 29.5 Å². The highest BCUT2D eigenvalue weighted by Crippen LogP contribution is 2.33. The molecule has 7 nitrogen and oxygen atoms in total. The van der Waals surface area contributed by atoms with E-state index >= 15 is 0 Å². The van der Waals surface area contributed by atoms with Crippen molar-refractivity contribution < 1.29 is 19.4 Å². The number of aryl methyl sites for hydroxylation is 1. The van der Waals surface area contributed by atoms with Crippen LogP contribution in [-0.2, 0) is 16.0 Å². The molecule has 1 atom stereocenters. The Balaban J connectivity index is 1.19. The van der Waals surface area contributed by atoms with Crippen molar-refractivity contribution in [2.45, 2.75) is 38.9 Å². The molecule has 2 aromatic rings. The molecule has 0 spiro atoms. The van der Waals surface area contributed by atoms with Gasteiger partial charge in [0.15, 0.2) is 6.29 Å². The van der Waals surface area contributed by atoms with Crippen molar-refractivity contribution in [3.63, 3.8) is 0 Å². The first kappa shape index (κ1) is 26.0. The zero-order chi connectivity index (χ0) is 24.8. The van der Waals surface area contributed by atoms with Crippen molar-refractivity contribution in [2.75, 3.05) is 55.9 Å². The maximum absolute atomic E-state index is 12.4. The molecule has 2 heterocycles. The molecule has 2 aliphatic rings. The highest BCUT2D eigenvalue weighted by atomic mass is 35.5. The zero-order valence-electron chi connectivity index (χ0n) is 20.1. The first-order chi connectivity index (χ1) is 16.9. The van der Waals surface area contributed by atoms with Crippen LogP contribution < -0.4 is 14.5 Å². The standard InChI is InChI=1S/C26H33Cl2N3O4/c1-19(32)35-18-31-24-17-21(9-7-20(24)8-10-25(31)33)34-16-3-2-11-29-12-14-30(15-13-29)23-6-4-5-22(27)26(23)28/h4-7,9,17,19,32H,2-3,8,10-16,18H2,1H3. The summed E-state index contributed by atoms with van der Waals surface area (Å²) < 4.78 is 11.2. The number of rotatable bonds is 10. The quantitative estimate of drug-likeness (QED) is 0.365. The molecule has 190 valence electrons. The number of nitrogens with zero attached hydrogens (tertiary/aromatic N) is 3. The van der Waals surface area contributed by atoms with Crippen LogP contribution in [0.15, 0.2) is 36.4 Å². The Morgan fingerprint density at radius 2 is 1.83 bits per heavy atom. The van der Waals surface area contributed by atoms with E-state index in [1.165, 1.54) is 6.92 Å². The predicted molar refractivity (Wildman–Crippen MR) is 140 cm³/mol. The highest BCUT2D eigenvalue weighted by Gasteiger charge is 2.25. The number of amides is 1. The number of hydrogen-bond donors (Lipinski definition) is 1. The Hall–Kier alpha value is -2.03. The van der Waals surface area contributed by atoms with E-state index in [1.54, 1.807) is 4.90 Å². The summed E-state index contributed by atoms with van der Waals surface area (Å²) in [5.74, 6) is 0.737. The summed E-state index contributed by atoms with van der Waals surface area (Å²) in [4.78, 5) is 18.7. The second-order valence-corrected chi connectivity index (χ2v) is 9.75. The second-order valence-electron chi connectivity index (χ2n) is 8.96. The molecule has 1 N–H and O–H groups in total. The molecule has 0 saturated carbocycles. The van der Waals surface area contributed by atoms with Crippen LogP contribution in [0, 0.1) is 0 Å². The van der Waals surface area contributed by atoms with Gasteiger partial charge in [-0.2, -0.15) is 0 Å². The van der Waals surface area contributed by atoms with Gasteiger partial charge in [0.2, 0.25) is 5.91 Å². The summed E-state index contributed by atoms with van der Waals surface area (Å²) in [6, 6.07) is 11.7. The van der Waals surface area contributed by atoms with Gasteiger partial charge in [0.25, 0.3) is 0 Å². The summed E-state index contributed by atoms with van der Waals surface area (Å²) in [5, 5.41) is 10.6. The lowest BCUT2D eigenvalue weighted by Gasteiger charge is -2.36. The van der Waals surface area contributed by atoms with E-state index in [0.717, 1.165) is 68.3 Å². The maximum Gasteiger partial charge on any atom is 0.229 e. The number of aliphatic hydroxyl groups is 1. The predicted octanol–water partition coefficient (Wildman–Crippen LogP) is 4.57. The molecule has 0 bridgehead atoms. The zero-order valence-corrected chi connectivity index (χ0v) is 21.6. The average molecular weight is 522 g/mol. The molecule has 2 aromatic carbocycles. The molecule has 1 saturated heterocycles. The lowest BCUT2D eigenvalue weighted by Crippen LogP contribution is -2.46. The van der Waals surface area contributed by atoms with Crippen LogP contribution in [0.1, 0.15) is 31.7 Å². The molecule has 0 radical (unpaired) electrons. The number of halogens is 2. The number of fused-ring (bicyclic) bond motifs is 1. The van der Waals surface area contributed by atoms with Crippen molar-refractivity contribution in [3.8, 4) is 5.75 Å². The number of benzene rings is 2. The molecule has 1 fully saturated rings. The van der Waals surface area contributed by atoms with Gasteiger partial charge in [0.05, 0.1) is 28.0 Å². The van der Waals surface area contributed by atoms with Crippen LogP contribution in [-0.4, -0.2) is 68.3 Å². The Kier molecular flexibility index (Phi) is 9.14. The van der Waals surface area contributed by atoms with Gasteiger partial charge in [-0.15, -0.1) is 0 Å². The fraction of sp³-hybridized carbons (Fsp3) is 0.500. The van der Waals surface area contributed by atoms with Crippen LogP contribution in [0.25, 0.3) is 0 Å².